The molecular weight excluding hydrogens is 280 g/mol. The molecule has 0 aliphatic rings. The molecule has 2 rings (SSSR count). The lowest BCUT2D eigenvalue weighted by atomic mass is 10.0. The predicted molar refractivity (Wildman–Crippen MR) is 69.9 cm³/mol. The molecule has 1 aromatic carbocycles. The third-order valence-electron chi connectivity index (χ3n) is 2.47. The molecule has 2 aromatic rings. The number of aromatic nitrogens is 2. The number of halogens is 1. The van der Waals surface area contributed by atoms with Gasteiger partial charge in [-0.1, -0.05) is 28.1 Å². The quantitative estimate of drug-likeness (QED) is 0.668. The first-order valence-electron chi connectivity index (χ1n) is 5.26. The number of benzene rings is 1. The second kappa shape index (κ2) is 5.86. The van der Waals surface area contributed by atoms with Gasteiger partial charge in [0.05, 0.1) is 17.9 Å². The molecule has 0 spiro atoms. The van der Waals surface area contributed by atoms with Gasteiger partial charge in [0.2, 0.25) is 0 Å². The Labute approximate surface area is 108 Å². The molecule has 3 N–H and O–H groups in total. The zero-order valence-corrected chi connectivity index (χ0v) is 10.8. The molecule has 4 nitrogen and oxygen atoms in total. The average Bonchev–Trinajstić information content (AvgIpc) is 2.37. The van der Waals surface area contributed by atoms with Crippen molar-refractivity contribution in [2.75, 3.05) is 0 Å². The highest BCUT2D eigenvalue weighted by atomic mass is 79.9. The van der Waals surface area contributed by atoms with E-state index < -0.39 is 0 Å². The Balaban J connectivity index is 2.16. The van der Waals surface area contributed by atoms with Gasteiger partial charge in [-0.2, -0.15) is 0 Å². The summed E-state index contributed by atoms with van der Waals surface area (Å²) in [6.45, 7) is 0. The third-order valence-corrected chi connectivity index (χ3v) is 2.96. The van der Waals surface area contributed by atoms with Crippen LogP contribution in [0, 0.1) is 0 Å². The summed E-state index contributed by atoms with van der Waals surface area (Å²) in [5, 5.41) is 0. The van der Waals surface area contributed by atoms with E-state index in [0.717, 1.165) is 16.6 Å². The van der Waals surface area contributed by atoms with Gasteiger partial charge in [0.25, 0.3) is 0 Å². The summed E-state index contributed by atoms with van der Waals surface area (Å²) in [6, 6.07) is 8.10. The number of hydrazine groups is 1. The summed E-state index contributed by atoms with van der Waals surface area (Å²) in [6.07, 6.45) is 5.81. The number of nitrogens with zero attached hydrogens (tertiary/aromatic N) is 2. The van der Waals surface area contributed by atoms with Crippen molar-refractivity contribution in [1.82, 2.24) is 15.4 Å². The van der Waals surface area contributed by atoms with E-state index in [9.17, 15) is 0 Å². The average molecular weight is 293 g/mol. The summed E-state index contributed by atoms with van der Waals surface area (Å²) in [5.41, 5.74) is 4.80. The van der Waals surface area contributed by atoms with Gasteiger partial charge in [-0.3, -0.25) is 21.2 Å². The molecule has 1 heterocycles. The minimum Gasteiger partial charge on any atom is -0.271 e. The van der Waals surface area contributed by atoms with Crippen LogP contribution in [0.4, 0.5) is 0 Å². The standard InChI is InChI=1S/C12H13BrN4/c13-10-3-1-2-9(6-10)7-11(17-14)12-8-15-4-5-16-12/h1-6,8,11,17H,7,14H2. The molecule has 0 amide bonds. The molecule has 1 unspecified atom stereocenters. The molecule has 0 bridgehead atoms. The maximum atomic E-state index is 5.56. The lowest BCUT2D eigenvalue weighted by Gasteiger charge is -2.14. The highest BCUT2D eigenvalue weighted by Crippen LogP contribution is 2.18. The maximum absolute atomic E-state index is 5.56. The van der Waals surface area contributed by atoms with Gasteiger partial charge in [-0.05, 0) is 24.1 Å². The van der Waals surface area contributed by atoms with Gasteiger partial charge in [-0.15, -0.1) is 0 Å². The molecule has 0 radical (unpaired) electrons. The number of rotatable bonds is 4. The van der Waals surface area contributed by atoms with Crippen LogP contribution in [0.3, 0.4) is 0 Å². The Hall–Kier alpha value is -1.30. The fourth-order valence-corrected chi connectivity index (χ4v) is 2.09. The number of nitrogens with one attached hydrogen (secondary N) is 1. The highest BCUT2D eigenvalue weighted by Gasteiger charge is 2.11. The Morgan fingerprint density at radius 1 is 1.35 bits per heavy atom. The highest BCUT2D eigenvalue weighted by molar-refractivity contribution is 9.10. The first kappa shape index (κ1) is 12.2. The fourth-order valence-electron chi connectivity index (χ4n) is 1.64. The normalized spacial score (nSPS) is 12.4. The molecular formula is C12H13BrN4. The van der Waals surface area contributed by atoms with Crippen LogP contribution in [0.15, 0.2) is 47.3 Å². The van der Waals surface area contributed by atoms with E-state index in [1.54, 1.807) is 18.6 Å². The third kappa shape index (κ3) is 3.33. The van der Waals surface area contributed by atoms with Crippen molar-refractivity contribution in [2.24, 2.45) is 5.84 Å². The maximum Gasteiger partial charge on any atom is 0.0772 e. The smallest absolute Gasteiger partial charge is 0.0772 e. The molecule has 1 aromatic heterocycles. The van der Waals surface area contributed by atoms with Crippen molar-refractivity contribution >= 4 is 15.9 Å². The van der Waals surface area contributed by atoms with E-state index in [1.807, 2.05) is 12.1 Å². The first-order valence-corrected chi connectivity index (χ1v) is 6.05. The minimum atomic E-state index is -0.0296. The molecule has 1 atom stereocenters. The van der Waals surface area contributed by atoms with Crippen LogP contribution in [0.25, 0.3) is 0 Å². The molecule has 5 heteroatoms. The monoisotopic (exact) mass is 292 g/mol. The zero-order valence-electron chi connectivity index (χ0n) is 9.18. The van der Waals surface area contributed by atoms with Crippen LogP contribution in [-0.4, -0.2) is 9.97 Å². The minimum absolute atomic E-state index is 0.0296. The van der Waals surface area contributed by atoms with Gasteiger partial charge in [0.15, 0.2) is 0 Å². The van der Waals surface area contributed by atoms with E-state index >= 15 is 0 Å². The van der Waals surface area contributed by atoms with Gasteiger partial charge in [0.1, 0.15) is 0 Å². The van der Waals surface area contributed by atoms with Crippen molar-refractivity contribution < 1.29 is 0 Å². The van der Waals surface area contributed by atoms with Crippen molar-refractivity contribution in [2.45, 2.75) is 12.5 Å². The number of nitrogens with two attached hydrogens (primary N) is 1. The van der Waals surface area contributed by atoms with Crippen LogP contribution >= 0.6 is 15.9 Å². The summed E-state index contributed by atoms with van der Waals surface area (Å²) >= 11 is 3.45. The van der Waals surface area contributed by atoms with Crippen molar-refractivity contribution in [1.29, 1.82) is 0 Å². The van der Waals surface area contributed by atoms with Crippen LogP contribution in [0.2, 0.25) is 0 Å². The van der Waals surface area contributed by atoms with Gasteiger partial charge >= 0.3 is 0 Å². The molecule has 0 aliphatic carbocycles. The number of hydrogen-bond acceptors (Lipinski definition) is 4. The summed E-state index contributed by atoms with van der Waals surface area (Å²) in [5.74, 6) is 5.56. The molecule has 0 fully saturated rings. The van der Waals surface area contributed by atoms with Gasteiger partial charge in [-0.25, -0.2) is 0 Å². The summed E-state index contributed by atoms with van der Waals surface area (Å²) in [4.78, 5) is 8.30. The molecule has 0 aliphatic heterocycles. The molecule has 88 valence electrons. The second-order valence-electron chi connectivity index (χ2n) is 3.68. The largest absolute Gasteiger partial charge is 0.271 e. The lowest BCUT2D eigenvalue weighted by Crippen LogP contribution is -2.30. The predicted octanol–water partition coefficient (Wildman–Crippen LogP) is 1.99. The van der Waals surface area contributed by atoms with Crippen LogP contribution < -0.4 is 11.3 Å². The molecule has 17 heavy (non-hydrogen) atoms. The van der Waals surface area contributed by atoms with E-state index in [1.165, 1.54) is 5.56 Å². The fraction of sp³-hybridized carbons (Fsp3) is 0.167. The second-order valence-corrected chi connectivity index (χ2v) is 4.60. The zero-order chi connectivity index (χ0) is 12.1. The van der Waals surface area contributed by atoms with Crippen LogP contribution in [0.5, 0.6) is 0 Å². The lowest BCUT2D eigenvalue weighted by molar-refractivity contribution is 0.536. The Morgan fingerprint density at radius 2 is 2.24 bits per heavy atom. The topological polar surface area (TPSA) is 63.8 Å². The first-order chi connectivity index (χ1) is 8.29. The van der Waals surface area contributed by atoms with Crippen LogP contribution in [0.1, 0.15) is 17.3 Å². The summed E-state index contributed by atoms with van der Waals surface area (Å²) < 4.78 is 1.06. The van der Waals surface area contributed by atoms with E-state index in [0.29, 0.717) is 0 Å². The molecule has 0 saturated carbocycles. The van der Waals surface area contributed by atoms with Gasteiger partial charge < -0.3 is 0 Å². The van der Waals surface area contributed by atoms with Crippen molar-refractivity contribution in [3.05, 3.63) is 58.6 Å². The Morgan fingerprint density at radius 3 is 2.88 bits per heavy atom. The van der Waals surface area contributed by atoms with Crippen molar-refractivity contribution in [3.8, 4) is 0 Å². The van der Waals surface area contributed by atoms with Crippen molar-refractivity contribution in [3.63, 3.8) is 0 Å². The summed E-state index contributed by atoms with van der Waals surface area (Å²) in [7, 11) is 0. The van der Waals surface area contributed by atoms with Gasteiger partial charge in [0, 0.05) is 16.9 Å². The number of hydrogen-bond donors (Lipinski definition) is 2. The van der Waals surface area contributed by atoms with Crippen LogP contribution in [-0.2, 0) is 6.42 Å². The molecule has 0 saturated heterocycles. The Bertz CT molecular complexity index is 475. The van der Waals surface area contributed by atoms with E-state index in [-0.39, 0.29) is 6.04 Å². The van der Waals surface area contributed by atoms with E-state index in [4.69, 9.17) is 5.84 Å². The Kier molecular flexibility index (Phi) is 4.19. The van der Waals surface area contributed by atoms with E-state index in [2.05, 4.69) is 43.5 Å². The SMILES string of the molecule is NNC(Cc1cccc(Br)c1)c1cnccn1.